The highest BCUT2D eigenvalue weighted by atomic mass is 32.1. The Balaban J connectivity index is 1.71. The van der Waals surface area contributed by atoms with E-state index in [2.05, 4.69) is 120 Å². The average molecular weight is 450 g/mol. The number of aromatic nitrogens is 1. The quantitative estimate of drug-likeness (QED) is 0.235. The molecular weight excluding hydrogens is 430 g/mol. The van der Waals surface area contributed by atoms with Crippen LogP contribution in [0.15, 0.2) is 115 Å². The SMILES string of the molecule is c1ccc2cc(-n3c4ccccc4c4c5ccccc5c5sc6ccccc6c5c43)ccc2c1. The second-order valence-electron chi connectivity index (χ2n) is 8.96. The van der Waals surface area contributed by atoms with Crippen LogP contribution in [0.25, 0.3) is 69.2 Å². The zero-order valence-electron chi connectivity index (χ0n) is 18.3. The van der Waals surface area contributed by atoms with Crippen LogP contribution in [0.5, 0.6) is 0 Å². The van der Waals surface area contributed by atoms with Crippen LogP contribution in [0, 0.1) is 0 Å². The van der Waals surface area contributed by atoms with E-state index in [1.54, 1.807) is 0 Å². The molecule has 0 atom stereocenters. The third-order valence-electron chi connectivity index (χ3n) is 7.14. The lowest BCUT2D eigenvalue weighted by atomic mass is 10.00. The number of para-hydroxylation sites is 1. The summed E-state index contributed by atoms with van der Waals surface area (Å²) in [6.45, 7) is 0. The highest BCUT2D eigenvalue weighted by molar-refractivity contribution is 7.27. The molecule has 0 aliphatic carbocycles. The second-order valence-corrected chi connectivity index (χ2v) is 10.0. The molecule has 0 bridgehead atoms. The summed E-state index contributed by atoms with van der Waals surface area (Å²) in [4.78, 5) is 0. The van der Waals surface area contributed by atoms with Crippen LogP contribution < -0.4 is 0 Å². The van der Waals surface area contributed by atoms with Crippen molar-refractivity contribution in [3.63, 3.8) is 0 Å². The van der Waals surface area contributed by atoms with Crippen molar-refractivity contribution in [3.8, 4) is 5.69 Å². The van der Waals surface area contributed by atoms with E-state index in [1.807, 2.05) is 11.3 Å². The number of nitrogens with zero attached hydrogens (tertiary/aromatic N) is 1. The maximum Gasteiger partial charge on any atom is 0.0640 e. The van der Waals surface area contributed by atoms with Gasteiger partial charge in [0.15, 0.2) is 0 Å². The van der Waals surface area contributed by atoms with E-state index >= 15 is 0 Å². The molecule has 0 unspecified atom stereocenters. The molecule has 0 amide bonds. The van der Waals surface area contributed by atoms with E-state index in [1.165, 1.54) is 69.2 Å². The molecule has 8 rings (SSSR count). The number of rotatable bonds is 1. The molecule has 2 heterocycles. The highest BCUT2D eigenvalue weighted by Crippen LogP contribution is 2.47. The molecule has 2 aromatic heterocycles. The summed E-state index contributed by atoms with van der Waals surface area (Å²) in [6, 6.07) is 42.1. The lowest BCUT2D eigenvalue weighted by Gasteiger charge is -2.11. The largest absolute Gasteiger partial charge is 0.309 e. The fourth-order valence-electron chi connectivity index (χ4n) is 5.70. The van der Waals surface area contributed by atoms with E-state index < -0.39 is 0 Å². The molecule has 158 valence electrons. The van der Waals surface area contributed by atoms with Crippen LogP contribution in [0.3, 0.4) is 0 Å². The Morgan fingerprint density at radius 2 is 1.18 bits per heavy atom. The van der Waals surface area contributed by atoms with Gasteiger partial charge in [0.25, 0.3) is 0 Å². The van der Waals surface area contributed by atoms with Gasteiger partial charge in [0.2, 0.25) is 0 Å². The normalized spacial score (nSPS) is 12.1. The van der Waals surface area contributed by atoms with E-state index in [0.717, 1.165) is 0 Å². The summed E-state index contributed by atoms with van der Waals surface area (Å²) in [5.41, 5.74) is 3.76. The number of hydrogen-bond acceptors (Lipinski definition) is 1. The van der Waals surface area contributed by atoms with Gasteiger partial charge in [-0.15, -0.1) is 11.3 Å². The smallest absolute Gasteiger partial charge is 0.0640 e. The van der Waals surface area contributed by atoms with Crippen LogP contribution in [-0.4, -0.2) is 4.57 Å². The summed E-state index contributed by atoms with van der Waals surface area (Å²) < 4.78 is 5.20. The van der Waals surface area contributed by atoms with Crippen molar-refractivity contribution in [2.45, 2.75) is 0 Å². The molecule has 6 aromatic carbocycles. The van der Waals surface area contributed by atoms with Crippen LogP contribution >= 0.6 is 11.3 Å². The Kier molecular flexibility index (Phi) is 3.60. The predicted octanol–water partition coefficient (Wildman–Crippen LogP) is 9.46. The van der Waals surface area contributed by atoms with Gasteiger partial charge in [-0.3, -0.25) is 0 Å². The zero-order valence-corrected chi connectivity index (χ0v) is 19.1. The molecular formula is C32H19NS. The molecule has 0 saturated heterocycles. The lowest BCUT2D eigenvalue weighted by molar-refractivity contribution is 1.19. The Hall–Kier alpha value is -4.14. The topological polar surface area (TPSA) is 4.93 Å². The van der Waals surface area contributed by atoms with Gasteiger partial charge in [-0.2, -0.15) is 0 Å². The van der Waals surface area contributed by atoms with Crippen molar-refractivity contribution >= 4 is 74.9 Å². The molecule has 0 saturated carbocycles. The summed E-state index contributed by atoms with van der Waals surface area (Å²) in [6.07, 6.45) is 0. The molecule has 0 aliphatic rings. The van der Waals surface area contributed by atoms with Gasteiger partial charge in [0.05, 0.1) is 11.0 Å². The Labute approximate surface area is 200 Å². The maximum absolute atomic E-state index is 2.49. The van der Waals surface area contributed by atoms with Gasteiger partial charge in [-0.25, -0.2) is 0 Å². The molecule has 0 N–H and O–H groups in total. The van der Waals surface area contributed by atoms with Gasteiger partial charge < -0.3 is 4.57 Å². The summed E-state index contributed by atoms with van der Waals surface area (Å²) in [7, 11) is 0. The highest BCUT2D eigenvalue weighted by Gasteiger charge is 2.21. The first-order valence-electron chi connectivity index (χ1n) is 11.6. The van der Waals surface area contributed by atoms with E-state index in [-0.39, 0.29) is 0 Å². The Morgan fingerprint density at radius 3 is 2.06 bits per heavy atom. The van der Waals surface area contributed by atoms with Crippen molar-refractivity contribution in [1.29, 1.82) is 0 Å². The first-order valence-corrected chi connectivity index (χ1v) is 12.4. The minimum Gasteiger partial charge on any atom is -0.309 e. The molecule has 0 spiro atoms. The minimum atomic E-state index is 1.21. The van der Waals surface area contributed by atoms with Crippen LogP contribution in [0.1, 0.15) is 0 Å². The second kappa shape index (κ2) is 6.69. The van der Waals surface area contributed by atoms with Crippen LogP contribution in [0.4, 0.5) is 0 Å². The van der Waals surface area contributed by atoms with Gasteiger partial charge in [0.1, 0.15) is 0 Å². The van der Waals surface area contributed by atoms with E-state index in [0.29, 0.717) is 0 Å². The van der Waals surface area contributed by atoms with Crippen LogP contribution in [-0.2, 0) is 0 Å². The fourth-order valence-corrected chi connectivity index (χ4v) is 6.95. The third kappa shape index (κ3) is 2.33. The predicted molar refractivity (Wildman–Crippen MR) is 149 cm³/mol. The maximum atomic E-state index is 2.49. The monoisotopic (exact) mass is 449 g/mol. The van der Waals surface area contributed by atoms with Crippen molar-refractivity contribution in [3.05, 3.63) is 115 Å². The standard InChI is InChI=1S/C32H19NS/c1-2-10-21-19-22(18-17-20(21)9-1)33-27-15-7-5-13-25(27)29-23-11-3-4-12-24(23)32-30(31(29)33)26-14-6-8-16-28(26)34-32/h1-19H. The summed E-state index contributed by atoms with van der Waals surface area (Å²) in [5, 5.41) is 10.5. The van der Waals surface area contributed by atoms with Gasteiger partial charge in [-0.05, 0) is 40.4 Å². The van der Waals surface area contributed by atoms with Crippen molar-refractivity contribution < 1.29 is 0 Å². The lowest BCUT2D eigenvalue weighted by Crippen LogP contribution is -1.94. The van der Waals surface area contributed by atoms with E-state index in [9.17, 15) is 0 Å². The molecule has 34 heavy (non-hydrogen) atoms. The number of thiophene rings is 1. The van der Waals surface area contributed by atoms with Gasteiger partial charge in [0, 0.05) is 42.0 Å². The van der Waals surface area contributed by atoms with Gasteiger partial charge >= 0.3 is 0 Å². The molecule has 2 heteroatoms. The molecule has 8 aromatic rings. The van der Waals surface area contributed by atoms with Crippen molar-refractivity contribution in [1.82, 2.24) is 4.57 Å². The average Bonchev–Trinajstić information content (AvgIpc) is 3.45. The number of hydrogen-bond donors (Lipinski definition) is 0. The van der Waals surface area contributed by atoms with E-state index in [4.69, 9.17) is 0 Å². The van der Waals surface area contributed by atoms with Crippen molar-refractivity contribution in [2.75, 3.05) is 0 Å². The Bertz CT molecular complexity index is 2070. The third-order valence-corrected chi connectivity index (χ3v) is 8.34. The van der Waals surface area contributed by atoms with Crippen LogP contribution in [0.2, 0.25) is 0 Å². The minimum absolute atomic E-state index is 1.21. The molecule has 0 fully saturated rings. The molecule has 1 nitrogen and oxygen atoms in total. The molecule has 0 radical (unpaired) electrons. The number of fused-ring (bicyclic) bond motifs is 11. The van der Waals surface area contributed by atoms with Gasteiger partial charge in [-0.1, -0.05) is 91.0 Å². The first kappa shape index (κ1) is 18.3. The zero-order chi connectivity index (χ0) is 22.2. The summed E-state index contributed by atoms with van der Waals surface area (Å²) >= 11 is 1.91. The fraction of sp³-hybridized carbons (Fsp3) is 0. The summed E-state index contributed by atoms with van der Waals surface area (Å²) in [5.74, 6) is 0. The Morgan fingerprint density at radius 1 is 0.500 bits per heavy atom. The van der Waals surface area contributed by atoms with Crippen molar-refractivity contribution in [2.24, 2.45) is 0 Å². The number of benzene rings is 6. The molecule has 0 aliphatic heterocycles. The first-order chi connectivity index (χ1) is 16.9.